The van der Waals surface area contributed by atoms with Gasteiger partial charge in [0.25, 0.3) is 0 Å². The molecule has 1 fully saturated rings. The zero-order valence-corrected chi connectivity index (χ0v) is 13.0. The molecule has 1 saturated heterocycles. The van der Waals surface area contributed by atoms with Crippen LogP contribution in [0, 0.1) is 12.9 Å². The van der Waals surface area contributed by atoms with Crippen molar-refractivity contribution < 1.29 is 9.13 Å². The molecule has 0 saturated carbocycles. The second-order valence-corrected chi connectivity index (χ2v) is 5.76. The minimum atomic E-state index is -0.351. The first kappa shape index (κ1) is 15.0. The third kappa shape index (κ3) is 3.65. The molecule has 22 heavy (non-hydrogen) atoms. The highest BCUT2D eigenvalue weighted by Gasteiger charge is 2.10. The maximum atomic E-state index is 13.7. The first-order valence-electron chi connectivity index (χ1n) is 7.90. The van der Waals surface area contributed by atoms with E-state index in [0.717, 1.165) is 12.3 Å². The quantitative estimate of drug-likeness (QED) is 0.850. The van der Waals surface area contributed by atoms with Crippen LogP contribution in [0.2, 0.25) is 0 Å². The molecule has 0 amide bonds. The van der Waals surface area contributed by atoms with Gasteiger partial charge < -0.3 is 4.74 Å². The fourth-order valence-electron chi connectivity index (χ4n) is 2.81. The Labute approximate surface area is 130 Å². The Kier molecular flexibility index (Phi) is 4.73. The van der Waals surface area contributed by atoms with E-state index in [1.54, 1.807) is 6.92 Å². The van der Waals surface area contributed by atoms with Crippen LogP contribution in [0.4, 0.5) is 4.39 Å². The van der Waals surface area contributed by atoms with Gasteiger partial charge in [-0.15, -0.1) is 0 Å². The highest BCUT2D eigenvalue weighted by molar-refractivity contribution is 5.37. The predicted molar refractivity (Wildman–Crippen MR) is 84.0 cm³/mol. The van der Waals surface area contributed by atoms with Crippen molar-refractivity contribution >= 4 is 0 Å². The number of halogens is 1. The standard InChI is InChI=1S/C17H22FN3O/c1-14-13-17(18)21(19-14)15-5-7-16(8-6-15)22-12-11-20-9-3-2-4-10-20/h5-8,13H,2-4,9-12H2,1H3. The second kappa shape index (κ2) is 6.92. The fraction of sp³-hybridized carbons (Fsp3) is 0.471. The molecule has 0 bridgehead atoms. The van der Waals surface area contributed by atoms with Crippen LogP contribution in [0.3, 0.4) is 0 Å². The summed E-state index contributed by atoms with van der Waals surface area (Å²) in [7, 11) is 0. The lowest BCUT2D eigenvalue weighted by atomic mass is 10.1. The van der Waals surface area contributed by atoms with E-state index in [9.17, 15) is 4.39 Å². The first-order chi connectivity index (χ1) is 10.7. The smallest absolute Gasteiger partial charge is 0.216 e. The summed E-state index contributed by atoms with van der Waals surface area (Å²) in [5, 5.41) is 4.13. The van der Waals surface area contributed by atoms with Gasteiger partial charge in [-0.3, -0.25) is 4.90 Å². The molecule has 1 aliphatic rings. The van der Waals surface area contributed by atoms with Gasteiger partial charge in [-0.2, -0.15) is 9.49 Å². The van der Waals surface area contributed by atoms with E-state index in [1.807, 2.05) is 24.3 Å². The molecule has 1 aliphatic heterocycles. The fourth-order valence-corrected chi connectivity index (χ4v) is 2.81. The van der Waals surface area contributed by atoms with Gasteiger partial charge in [-0.25, -0.2) is 4.68 Å². The van der Waals surface area contributed by atoms with E-state index < -0.39 is 0 Å². The summed E-state index contributed by atoms with van der Waals surface area (Å²) in [4.78, 5) is 2.44. The molecule has 0 spiro atoms. The van der Waals surface area contributed by atoms with Crippen LogP contribution < -0.4 is 4.74 Å². The molecule has 3 rings (SSSR count). The normalized spacial score (nSPS) is 15.9. The number of aryl methyl sites for hydroxylation is 1. The predicted octanol–water partition coefficient (Wildman–Crippen LogP) is 3.18. The minimum Gasteiger partial charge on any atom is -0.492 e. The third-order valence-corrected chi connectivity index (χ3v) is 3.99. The monoisotopic (exact) mass is 303 g/mol. The Hall–Kier alpha value is -1.88. The molecule has 118 valence electrons. The molecular formula is C17H22FN3O. The lowest BCUT2D eigenvalue weighted by molar-refractivity contribution is 0.183. The molecule has 2 aromatic rings. The van der Waals surface area contributed by atoms with Gasteiger partial charge in [0.15, 0.2) is 0 Å². The van der Waals surface area contributed by atoms with E-state index in [2.05, 4.69) is 10.00 Å². The summed E-state index contributed by atoms with van der Waals surface area (Å²) in [5.41, 5.74) is 1.37. The van der Waals surface area contributed by atoms with Crippen LogP contribution in [0.15, 0.2) is 30.3 Å². The Morgan fingerprint density at radius 1 is 1.14 bits per heavy atom. The lowest BCUT2D eigenvalue weighted by Crippen LogP contribution is -2.33. The number of piperidine rings is 1. The summed E-state index contributed by atoms with van der Waals surface area (Å²) in [6, 6.07) is 8.80. The van der Waals surface area contributed by atoms with Gasteiger partial charge in [0.2, 0.25) is 5.95 Å². The summed E-state index contributed by atoms with van der Waals surface area (Å²) < 4.78 is 20.7. The summed E-state index contributed by atoms with van der Waals surface area (Å²) in [6.45, 7) is 5.79. The van der Waals surface area contributed by atoms with Crippen LogP contribution >= 0.6 is 0 Å². The van der Waals surface area contributed by atoms with Gasteiger partial charge >= 0.3 is 0 Å². The zero-order chi connectivity index (χ0) is 15.4. The van der Waals surface area contributed by atoms with E-state index in [1.165, 1.54) is 43.1 Å². The van der Waals surface area contributed by atoms with Gasteiger partial charge in [0, 0.05) is 12.6 Å². The zero-order valence-electron chi connectivity index (χ0n) is 13.0. The van der Waals surface area contributed by atoms with E-state index in [0.29, 0.717) is 18.0 Å². The van der Waals surface area contributed by atoms with E-state index >= 15 is 0 Å². The van der Waals surface area contributed by atoms with Gasteiger partial charge in [0.05, 0.1) is 11.4 Å². The average molecular weight is 303 g/mol. The summed E-state index contributed by atoms with van der Waals surface area (Å²) in [6.07, 6.45) is 3.94. The van der Waals surface area contributed by atoms with Gasteiger partial charge in [0.1, 0.15) is 12.4 Å². The van der Waals surface area contributed by atoms with Crippen molar-refractivity contribution in [3.63, 3.8) is 0 Å². The molecule has 0 unspecified atom stereocenters. The molecule has 0 radical (unpaired) electrons. The molecule has 0 atom stereocenters. The molecule has 2 heterocycles. The summed E-state index contributed by atoms with van der Waals surface area (Å²) >= 11 is 0. The average Bonchev–Trinajstić information content (AvgIpc) is 2.88. The van der Waals surface area contributed by atoms with Crippen molar-refractivity contribution in [2.45, 2.75) is 26.2 Å². The van der Waals surface area contributed by atoms with Crippen LogP contribution in [0.25, 0.3) is 5.69 Å². The summed E-state index contributed by atoms with van der Waals surface area (Å²) in [5.74, 6) is 0.460. The van der Waals surface area contributed by atoms with Gasteiger partial charge in [-0.05, 0) is 57.1 Å². The number of aromatic nitrogens is 2. The largest absolute Gasteiger partial charge is 0.492 e. The van der Waals surface area contributed by atoms with Crippen LogP contribution in [-0.4, -0.2) is 40.9 Å². The molecule has 5 heteroatoms. The van der Waals surface area contributed by atoms with Crippen molar-refractivity contribution in [1.29, 1.82) is 0 Å². The van der Waals surface area contributed by atoms with Crippen molar-refractivity contribution in [2.24, 2.45) is 0 Å². The Morgan fingerprint density at radius 2 is 1.86 bits per heavy atom. The Morgan fingerprint density at radius 3 is 2.50 bits per heavy atom. The number of hydrogen-bond acceptors (Lipinski definition) is 3. The maximum absolute atomic E-state index is 13.7. The minimum absolute atomic E-state index is 0.351. The number of ether oxygens (including phenoxy) is 1. The van der Waals surface area contributed by atoms with Crippen molar-refractivity contribution in [2.75, 3.05) is 26.2 Å². The SMILES string of the molecule is Cc1cc(F)n(-c2ccc(OCCN3CCCCC3)cc2)n1. The lowest BCUT2D eigenvalue weighted by Gasteiger charge is -2.26. The molecule has 0 aliphatic carbocycles. The molecule has 1 aromatic heterocycles. The number of rotatable bonds is 5. The number of hydrogen-bond donors (Lipinski definition) is 0. The Bertz CT molecular complexity index is 603. The maximum Gasteiger partial charge on any atom is 0.216 e. The molecular weight excluding hydrogens is 281 g/mol. The molecule has 4 nitrogen and oxygen atoms in total. The third-order valence-electron chi connectivity index (χ3n) is 3.99. The topological polar surface area (TPSA) is 30.3 Å². The van der Waals surface area contributed by atoms with Crippen LogP contribution in [0.5, 0.6) is 5.75 Å². The highest BCUT2D eigenvalue weighted by Crippen LogP contribution is 2.17. The number of likely N-dealkylation sites (tertiary alicyclic amines) is 1. The van der Waals surface area contributed by atoms with Crippen molar-refractivity contribution in [3.8, 4) is 11.4 Å². The van der Waals surface area contributed by atoms with Crippen LogP contribution in [-0.2, 0) is 0 Å². The molecule has 0 N–H and O–H groups in total. The van der Waals surface area contributed by atoms with Crippen LogP contribution in [0.1, 0.15) is 25.0 Å². The molecule has 1 aromatic carbocycles. The van der Waals surface area contributed by atoms with Gasteiger partial charge in [-0.1, -0.05) is 6.42 Å². The number of nitrogens with zero attached hydrogens (tertiary/aromatic N) is 3. The first-order valence-corrected chi connectivity index (χ1v) is 7.90. The van der Waals surface area contributed by atoms with Crippen molar-refractivity contribution in [3.05, 3.63) is 42.0 Å². The number of benzene rings is 1. The van der Waals surface area contributed by atoms with Crippen molar-refractivity contribution in [1.82, 2.24) is 14.7 Å². The second-order valence-electron chi connectivity index (χ2n) is 5.76. The Balaban J connectivity index is 1.54. The van der Waals surface area contributed by atoms with E-state index in [-0.39, 0.29) is 5.95 Å². The highest BCUT2D eigenvalue weighted by atomic mass is 19.1. The van der Waals surface area contributed by atoms with E-state index in [4.69, 9.17) is 4.74 Å².